The van der Waals surface area contributed by atoms with Gasteiger partial charge in [0.25, 0.3) is 0 Å². The SMILES string of the molecule is Cc1ccc(N2CCN(Cc3ccc(OC4CCCCO4)cc3)CC2)c(C)c1. The van der Waals surface area contributed by atoms with Gasteiger partial charge in [-0.3, -0.25) is 4.90 Å². The van der Waals surface area contributed by atoms with Crippen LogP contribution in [0, 0.1) is 13.8 Å². The average Bonchev–Trinajstić information content (AvgIpc) is 2.71. The highest BCUT2D eigenvalue weighted by atomic mass is 16.7. The Bertz CT molecular complexity index is 761. The minimum absolute atomic E-state index is 0.0714. The quantitative estimate of drug-likeness (QED) is 0.761. The molecule has 2 saturated heterocycles. The number of hydrogen-bond donors (Lipinski definition) is 0. The van der Waals surface area contributed by atoms with E-state index in [9.17, 15) is 0 Å². The first-order valence-electron chi connectivity index (χ1n) is 10.6. The Morgan fingerprint density at radius 3 is 2.43 bits per heavy atom. The normalized spacial score (nSPS) is 20.9. The maximum atomic E-state index is 5.94. The Morgan fingerprint density at radius 1 is 0.964 bits per heavy atom. The number of hydrogen-bond acceptors (Lipinski definition) is 4. The third-order valence-corrected chi connectivity index (χ3v) is 5.80. The molecule has 1 unspecified atom stereocenters. The lowest BCUT2D eigenvalue weighted by Crippen LogP contribution is -2.46. The topological polar surface area (TPSA) is 24.9 Å². The zero-order valence-electron chi connectivity index (χ0n) is 17.2. The molecular formula is C24H32N2O2. The van der Waals surface area contributed by atoms with Crippen LogP contribution in [0.2, 0.25) is 0 Å². The van der Waals surface area contributed by atoms with E-state index in [2.05, 4.69) is 66.1 Å². The van der Waals surface area contributed by atoms with Crippen LogP contribution in [0.25, 0.3) is 0 Å². The van der Waals surface area contributed by atoms with Crippen molar-refractivity contribution in [2.24, 2.45) is 0 Å². The van der Waals surface area contributed by atoms with Crippen LogP contribution in [0.3, 0.4) is 0 Å². The molecule has 2 heterocycles. The standard InChI is InChI=1S/C24H32N2O2/c1-19-6-11-23(20(2)17-19)26-14-12-25(13-15-26)18-21-7-9-22(10-8-21)28-24-5-3-4-16-27-24/h6-11,17,24H,3-5,12-16,18H2,1-2H3. The monoisotopic (exact) mass is 380 g/mol. The third-order valence-electron chi connectivity index (χ3n) is 5.80. The van der Waals surface area contributed by atoms with Crippen LogP contribution < -0.4 is 9.64 Å². The van der Waals surface area contributed by atoms with E-state index < -0.39 is 0 Å². The van der Waals surface area contributed by atoms with Gasteiger partial charge in [0.05, 0.1) is 6.61 Å². The maximum Gasteiger partial charge on any atom is 0.199 e. The van der Waals surface area contributed by atoms with Crippen molar-refractivity contribution in [3.63, 3.8) is 0 Å². The summed E-state index contributed by atoms with van der Waals surface area (Å²) in [6.07, 6.45) is 3.26. The lowest BCUT2D eigenvalue weighted by Gasteiger charge is -2.37. The molecule has 0 bridgehead atoms. The highest BCUT2D eigenvalue weighted by molar-refractivity contribution is 5.54. The summed E-state index contributed by atoms with van der Waals surface area (Å²) in [5.74, 6) is 0.912. The van der Waals surface area contributed by atoms with Crippen molar-refractivity contribution in [2.45, 2.75) is 45.9 Å². The number of aryl methyl sites for hydroxylation is 2. The van der Waals surface area contributed by atoms with Crippen LogP contribution in [-0.4, -0.2) is 44.0 Å². The molecule has 4 heteroatoms. The van der Waals surface area contributed by atoms with E-state index in [0.29, 0.717) is 0 Å². The molecule has 0 spiro atoms. The minimum atomic E-state index is -0.0714. The van der Waals surface area contributed by atoms with E-state index in [1.54, 1.807) is 0 Å². The molecule has 2 aromatic rings. The molecule has 4 rings (SSSR count). The first-order chi connectivity index (χ1) is 13.7. The molecule has 0 amide bonds. The first-order valence-corrected chi connectivity index (χ1v) is 10.6. The predicted octanol–water partition coefficient (Wildman–Crippen LogP) is 4.53. The van der Waals surface area contributed by atoms with E-state index in [1.165, 1.54) is 28.8 Å². The van der Waals surface area contributed by atoms with Crippen LogP contribution in [-0.2, 0) is 11.3 Å². The summed E-state index contributed by atoms with van der Waals surface area (Å²) in [5.41, 5.74) is 5.45. The molecule has 2 aliphatic rings. The molecule has 2 fully saturated rings. The summed E-state index contributed by atoms with van der Waals surface area (Å²) in [6.45, 7) is 10.6. The van der Waals surface area contributed by atoms with Gasteiger partial charge in [0.2, 0.25) is 0 Å². The molecule has 28 heavy (non-hydrogen) atoms. The molecule has 0 N–H and O–H groups in total. The Balaban J connectivity index is 1.27. The van der Waals surface area contributed by atoms with Gasteiger partial charge in [-0.1, -0.05) is 29.8 Å². The van der Waals surface area contributed by atoms with Gasteiger partial charge in [0.15, 0.2) is 6.29 Å². The average molecular weight is 381 g/mol. The molecule has 4 nitrogen and oxygen atoms in total. The van der Waals surface area contributed by atoms with Crippen molar-refractivity contribution in [3.05, 3.63) is 59.2 Å². The fourth-order valence-corrected chi connectivity index (χ4v) is 4.19. The molecule has 0 saturated carbocycles. The van der Waals surface area contributed by atoms with E-state index in [-0.39, 0.29) is 6.29 Å². The van der Waals surface area contributed by atoms with Gasteiger partial charge >= 0.3 is 0 Å². The first kappa shape index (κ1) is 19.3. The Morgan fingerprint density at radius 2 is 1.75 bits per heavy atom. The van der Waals surface area contributed by atoms with Gasteiger partial charge in [-0.05, 0) is 56.0 Å². The molecule has 1 atom stereocenters. The fourth-order valence-electron chi connectivity index (χ4n) is 4.19. The van der Waals surface area contributed by atoms with Gasteiger partial charge in [-0.15, -0.1) is 0 Å². The van der Waals surface area contributed by atoms with Crippen LogP contribution in [0.15, 0.2) is 42.5 Å². The smallest absolute Gasteiger partial charge is 0.199 e. The third kappa shape index (κ3) is 4.86. The molecule has 0 aromatic heterocycles. The fraction of sp³-hybridized carbons (Fsp3) is 0.500. The van der Waals surface area contributed by atoms with Gasteiger partial charge in [-0.2, -0.15) is 0 Å². The van der Waals surface area contributed by atoms with Crippen molar-refractivity contribution in [1.82, 2.24) is 4.90 Å². The highest BCUT2D eigenvalue weighted by Gasteiger charge is 2.19. The van der Waals surface area contributed by atoms with Crippen molar-refractivity contribution in [1.29, 1.82) is 0 Å². The van der Waals surface area contributed by atoms with Crippen LogP contribution in [0.4, 0.5) is 5.69 Å². The van der Waals surface area contributed by atoms with Crippen LogP contribution in [0.5, 0.6) is 5.75 Å². The van der Waals surface area contributed by atoms with Crippen molar-refractivity contribution >= 4 is 5.69 Å². The summed E-state index contributed by atoms with van der Waals surface area (Å²) in [4.78, 5) is 5.06. The number of ether oxygens (including phenoxy) is 2. The van der Waals surface area contributed by atoms with Crippen molar-refractivity contribution in [3.8, 4) is 5.75 Å². The van der Waals surface area contributed by atoms with Crippen molar-refractivity contribution in [2.75, 3.05) is 37.7 Å². The Labute approximate surface area is 169 Å². The summed E-state index contributed by atoms with van der Waals surface area (Å²) in [7, 11) is 0. The molecule has 150 valence electrons. The zero-order valence-corrected chi connectivity index (χ0v) is 17.2. The van der Waals surface area contributed by atoms with Gasteiger partial charge in [0, 0.05) is 44.8 Å². The Hall–Kier alpha value is -2.04. The van der Waals surface area contributed by atoms with E-state index in [4.69, 9.17) is 9.47 Å². The number of rotatable bonds is 5. The summed E-state index contributed by atoms with van der Waals surface area (Å²) < 4.78 is 11.6. The summed E-state index contributed by atoms with van der Waals surface area (Å²) >= 11 is 0. The number of benzene rings is 2. The summed E-state index contributed by atoms with van der Waals surface area (Å²) in [5, 5.41) is 0. The lowest BCUT2D eigenvalue weighted by atomic mass is 10.1. The van der Waals surface area contributed by atoms with E-state index >= 15 is 0 Å². The highest BCUT2D eigenvalue weighted by Crippen LogP contribution is 2.24. The zero-order chi connectivity index (χ0) is 19.3. The predicted molar refractivity (Wildman–Crippen MR) is 114 cm³/mol. The molecule has 2 aliphatic heterocycles. The molecule has 2 aromatic carbocycles. The number of piperazine rings is 1. The van der Waals surface area contributed by atoms with Gasteiger partial charge < -0.3 is 14.4 Å². The van der Waals surface area contributed by atoms with E-state index in [0.717, 1.165) is 57.9 Å². The molecular weight excluding hydrogens is 348 g/mol. The van der Waals surface area contributed by atoms with Gasteiger partial charge in [0.1, 0.15) is 5.75 Å². The van der Waals surface area contributed by atoms with Gasteiger partial charge in [-0.25, -0.2) is 0 Å². The van der Waals surface area contributed by atoms with Crippen LogP contribution in [0.1, 0.15) is 36.0 Å². The molecule has 0 radical (unpaired) electrons. The van der Waals surface area contributed by atoms with Crippen LogP contribution >= 0.6 is 0 Å². The largest absolute Gasteiger partial charge is 0.465 e. The number of nitrogens with zero attached hydrogens (tertiary/aromatic N) is 2. The minimum Gasteiger partial charge on any atom is -0.465 e. The van der Waals surface area contributed by atoms with E-state index in [1.807, 2.05) is 0 Å². The molecule has 0 aliphatic carbocycles. The summed E-state index contributed by atoms with van der Waals surface area (Å²) in [6, 6.07) is 15.3. The second-order valence-corrected chi connectivity index (χ2v) is 8.11. The Kier molecular flexibility index (Phi) is 6.18. The maximum absolute atomic E-state index is 5.94. The van der Waals surface area contributed by atoms with Crippen molar-refractivity contribution < 1.29 is 9.47 Å². The second kappa shape index (κ2) is 8.97. The number of anilines is 1. The lowest BCUT2D eigenvalue weighted by molar-refractivity contribution is -0.105. The second-order valence-electron chi connectivity index (χ2n) is 8.11.